The third-order valence-electron chi connectivity index (χ3n) is 5.33. The topological polar surface area (TPSA) is 135 Å². The summed E-state index contributed by atoms with van der Waals surface area (Å²) in [5.41, 5.74) is 6.26. The fourth-order valence-electron chi connectivity index (χ4n) is 3.54. The van der Waals surface area contributed by atoms with Gasteiger partial charge in [0, 0.05) is 36.4 Å². The van der Waals surface area contributed by atoms with Crippen LogP contribution >= 0.6 is 0 Å². The lowest BCUT2D eigenvalue weighted by Crippen LogP contribution is -2.24. The zero-order chi connectivity index (χ0) is 22.5. The number of nitrogens with one attached hydrogen (secondary N) is 4. The molecule has 162 valence electrons. The number of hydrogen-bond acceptors (Lipinski definition) is 6. The van der Waals surface area contributed by atoms with E-state index in [1.165, 1.54) is 11.8 Å². The summed E-state index contributed by atoms with van der Waals surface area (Å²) in [5.74, 6) is 0.188. The lowest BCUT2D eigenvalue weighted by molar-refractivity contribution is 0.0950. The van der Waals surface area contributed by atoms with Crippen LogP contribution in [0.1, 0.15) is 35.0 Å². The maximum absolute atomic E-state index is 12.2. The van der Waals surface area contributed by atoms with E-state index in [0.29, 0.717) is 23.8 Å². The quantitative estimate of drug-likeness (QED) is 0.319. The highest BCUT2D eigenvalue weighted by molar-refractivity contribution is 5.96. The number of aromatic amines is 2. The first-order chi connectivity index (χ1) is 15.6. The summed E-state index contributed by atoms with van der Waals surface area (Å²) in [5, 5.41) is 23.0. The number of H-pyrrole nitrogens is 2. The molecular weight excluding hydrogens is 404 g/mol. The molecule has 0 unspecified atom stereocenters. The molecule has 0 spiro atoms. The minimum absolute atomic E-state index is 0.253. The summed E-state index contributed by atoms with van der Waals surface area (Å²) in [6.45, 7) is 6.15. The number of hydrogen-bond donors (Lipinski definition) is 4. The third kappa shape index (κ3) is 4.22. The van der Waals surface area contributed by atoms with E-state index >= 15 is 0 Å². The Bertz CT molecular complexity index is 1300. The van der Waals surface area contributed by atoms with Crippen LogP contribution in [0.2, 0.25) is 0 Å². The van der Waals surface area contributed by atoms with Crippen molar-refractivity contribution in [1.29, 1.82) is 5.26 Å². The highest BCUT2D eigenvalue weighted by atomic mass is 16.1. The number of benzene rings is 1. The first kappa shape index (κ1) is 21.2. The highest BCUT2D eigenvalue weighted by Gasteiger charge is 2.16. The van der Waals surface area contributed by atoms with Crippen LogP contribution in [0.15, 0.2) is 36.8 Å². The normalized spacial score (nSPS) is 10.9. The summed E-state index contributed by atoms with van der Waals surface area (Å²) < 4.78 is 0. The van der Waals surface area contributed by atoms with E-state index in [-0.39, 0.29) is 12.3 Å². The van der Waals surface area contributed by atoms with E-state index in [9.17, 15) is 4.79 Å². The second kappa shape index (κ2) is 9.41. The molecule has 0 atom stereocenters. The zero-order valence-corrected chi connectivity index (χ0v) is 18.0. The lowest BCUT2D eigenvalue weighted by atomic mass is 9.98. The molecule has 3 aromatic heterocycles. The third-order valence-corrected chi connectivity index (χ3v) is 5.33. The van der Waals surface area contributed by atoms with Crippen LogP contribution in [-0.2, 0) is 6.54 Å². The molecule has 1 amide bonds. The molecule has 1 aromatic carbocycles. The molecule has 0 radical (unpaired) electrons. The number of pyridine rings is 1. The second-order valence-electron chi connectivity index (χ2n) is 7.39. The Balaban J connectivity index is 1.66. The van der Waals surface area contributed by atoms with E-state index in [1.807, 2.05) is 30.6 Å². The number of imidazole rings is 1. The summed E-state index contributed by atoms with van der Waals surface area (Å²) >= 11 is 0. The molecular formula is C23H24N8O. The SMILES string of the molecule is CCNCc1cncc(-c2ccc3[nH]nc(-c4ncc(C(=O)NCCC#N)[nH]4)c3c2)c1C. The number of fused-ring (bicyclic) bond motifs is 1. The van der Waals surface area contributed by atoms with Crippen LogP contribution < -0.4 is 10.6 Å². The van der Waals surface area contributed by atoms with Gasteiger partial charge in [0.2, 0.25) is 0 Å². The number of nitriles is 1. The fraction of sp³-hybridized carbons (Fsp3) is 0.261. The molecule has 0 bridgehead atoms. The number of nitrogens with zero attached hydrogens (tertiary/aromatic N) is 4. The molecule has 9 nitrogen and oxygen atoms in total. The van der Waals surface area contributed by atoms with E-state index < -0.39 is 0 Å². The van der Waals surface area contributed by atoms with Crippen LogP contribution in [0.5, 0.6) is 0 Å². The minimum Gasteiger partial charge on any atom is -0.350 e. The van der Waals surface area contributed by atoms with Gasteiger partial charge in [0.15, 0.2) is 5.82 Å². The van der Waals surface area contributed by atoms with Gasteiger partial charge < -0.3 is 15.6 Å². The lowest BCUT2D eigenvalue weighted by Gasteiger charge is -2.11. The average molecular weight is 429 g/mol. The fourth-order valence-corrected chi connectivity index (χ4v) is 3.54. The maximum Gasteiger partial charge on any atom is 0.269 e. The molecule has 32 heavy (non-hydrogen) atoms. The second-order valence-corrected chi connectivity index (χ2v) is 7.39. The van der Waals surface area contributed by atoms with Crippen molar-refractivity contribution in [2.45, 2.75) is 26.8 Å². The molecule has 0 aliphatic rings. The minimum atomic E-state index is -0.307. The van der Waals surface area contributed by atoms with Crippen LogP contribution in [0, 0.1) is 18.3 Å². The number of amides is 1. The Morgan fingerprint density at radius 2 is 2.12 bits per heavy atom. The van der Waals surface area contributed by atoms with Crippen molar-refractivity contribution in [2.24, 2.45) is 0 Å². The van der Waals surface area contributed by atoms with Crippen molar-refractivity contribution in [3.8, 4) is 28.7 Å². The van der Waals surface area contributed by atoms with Crippen molar-refractivity contribution in [3.05, 3.63) is 53.6 Å². The van der Waals surface area contributed by atoms with Crippen LogP contribution in [0.4, 0.5) is 0 Å². The first-order valence-electron chi connectivity index (χ1n) is 10.5. The Kier molecular flexibility index (Phi) is 6.24. The van der Waals surface area contributed by atoms with Gasteiger partial charge in [-0.05, 0) is 42.3 Å². The predicted octanol–water partition coefficient (Wildman–Crippen LogP) is 3.08. The Morgan fingerprint density at radius 1 is 1.25 bits per heavy atom. The molecule has 0 aliphatic carbocycles. The summed E-state index contributed by atoms with van der Waals surface area (Å²) in [7, 11) is 0. The first-order valence-corrected chi connectivity index (χ1v) is 10.5. The average Bonchev–Trinajstić information content (AvgIpc) is 3.45. The molecule has 3 heterocycles. The summed E-state index contributed by atoms with van der Waals surface area (Å²) in [4.78, 5) is 24.0. The number of aromatic nitrogens is 5. The molecule has 4 aromatic rings. The standard InChI is InChI=1S/C23H24N8O/c1-3-25-10-16-11-26-12-18(14(16)2)15-5-6-19-17(9-15)21(31-30-19)22-28-13-20(29-22)23(32)27-8-4-7-24/h5-6,9,11-13,25H,3-4,8,10H2,1-2H3,(H,27,32)(H,28,29)(H,30,31). The van der Waals surface area contributed by atoms with Crippen molar-refractivity contribution in [1.82, 2.24) is 35.8 Å². The number of carbonyl (C=O) groups is 1. The Morgan fingerprint density at radius 3 is 2.94 bits per heavy atom. The van der Waals surface area contributed by atoms with Crippen molar-refractivity contribution in [3.63, 3.8) is 0 Å². The van der Waals surface area contributed by atoms with E-state index in [2.05, 4.69) is 55.7 Å². The number of rotatable bonds is 8. The van der Waals surface area contributed by atoms with Crippen molar-refractivity contribution in [2.75, 3.05) is 13.1 Å². The highest BCUT2D eigenvalue weighted by Crippen LogP contribution is 2.31. The molecule has 0 saturated heterocycles. The van der Waals surface area contributed by atoms with Gasteiger partial charge in [-0.25, -0.2) is 4.98 Å². The molecule has 0 aliphatic heterocycles. The molecule has 0 fully saturated rings. The van der Waals surface area contributed by atoms with Crippen molar-refractivity contribution >= 4 is 16.8 Å². The van der Waals surface area contributed by atoms with Gasteiger partial charge in [0.05, 0.1) is 24.2 Å². The zero-order valence-electron chi connectivity index (χ0n) is 18.0. The van der Waals surface area contributed by atoms with Gasteiger partial charge in [-0.2, -0.15) is 10.4 Å². The van der Waals surface area contributed by atoms with E-state index in [4.69, 9.17) is 5.26 Å². The Hall–Kier alpha value is -4.03. The van der Waals surface area contributed by atoms with Gasteiger partial charge in [-0.1, -0.05) is 13.0 Å². The maximum atomic E-state index is 12.2. The molecule has 0 saturated carbocycles. The Labute approximate surface area is 185 Å². The van der Waals surface area contributed by atoms with Crippen molar-refractivity contribution < 1.29 is 4.79 Å². The van der Waals surface area contributed by atoms with Gasteiger partial charge in [0.1, 0.15) is 11.4 Å². The van der Waals surface area contributed by atoms with Gasteiger partial charge in [0.25, 0.3) is 5.91 Å². The van der Waals surface area contributed by atoms with Crippen LogP contribution in [0.3, 0.4) is 0 Å². The smallest absolute Gasteiger partial charge is 0.269 e. The predicted molar refractivity (Wildman–Crippen MR) is 122 cm³/mol. The van der Waals surface area contributed by atoms with Gasteiger partial charge >= 0.3 is 0 Å². The van der Waals surface area contributed by atoms with Crippen LogP contribution in [-0.4, -0.2) is 44.1 Å². The van der Waals surface area contributed by atoms with E-state index in [0.717, 1.165) is 40.7 Å². The monoisotopic (exact) mass is 428 g/mol. The summed E-state index contributed by atoms with van der Waals surface area (Å²) in [6.07, 6.45) is 5.50. The molecule has 4 rings (SSSR count). The molecule has 4 N–H and O–H groups in total. The largest absolute Gasteiger partial charge is 0.350 e. The number of carbonyl (C=O) groups excluding carboxylic acids is 1. The summed E-state index contributed by atoms with van der Waals surface area (Å²) in [6, 6.07) is 8.08. The van der Waals surface area contributed by atoms with E-state index in [1.54, 1.807) is 0 Å². The van der Waals surface area contributed by atoms with Gasteiger partial charge in [-0.15, -0.1) is 0 Å². The van der Waals surface area contributed by atoms with Crippen LogP contribution in [0.25, 0.3) is 33.5 Å². The van der Waals surface area contributed by atoms with Gasteiger partial charge in [-0.3, -0.25) is 14.9 Å². The molecule has 9 heteroatoms.